The highest BCUT2D eigenvalue weighted by Crippen LogP contribution is 2.44. The number of ether oxygens (including phenoxy) is 1. The second-order valence-corrected chi connectivity index (χ2v) is 5.54. The van der Waals surface area contributed by atoms with Gasteiger partial charge in [-0.05, 0) is 30.0 Å². The van der Waals surface area contributed by atoms with Gasteiger partial charge in [0.25, 0.3) is 0 Å². The van der Waals surface area contributed by atoms with E-state index in [0.29, 0.717) is 5.92 Å². The van der Waals surface area contributed by atoms with E-state index in [-0.39, 0.29) is 6.04 Å². The molecule has 2 aromatic rings. The van der Waals surface area contributed by atoms with Gasteiger partial charge in [0, 0.05) is 11.5 Å². The fourth-order valence-corrected chi connectivity index (χ4v) is 3.10. The predicted molar refractivity (Wildman–Crippen MR) is 85.2 cm³/mol. The number of fused-ring (bicyclic) bond motifs is 1. The van der Waals surface area contributed by atoms with E-state index in [0.717, 1.165) is 30.8 Å². The van der Waals surface area contributed by atoms with Crippen LogP contribution < -0.4 is 16.0 Å². The molecule has 0 spiro atoms. The standard InChI is InChI=1S/C18H22N2O/c1-2-11-21-17-10-6-5-9-15(17)18(20-19)16-12-13-7-3-4-8-14(13)16/h3-10,16,18,20H,2,11-12,19H2,1H3. The molecule has 3 heteroatoms. The Morgan fingerprint density at radius 2 is 1.95 bits per heavy atom. The van der Waals surface area contributed by atoms with E-state index in [1.807, 2.05) is 18.2 Å². The van der Waals surface area contributed by atoms with E-state index < -0.39 is 0 Å². The summed E-state index contributed by atoms with van der Waals surface area (Å²) in [5.41, 5.74) is 6.96. The van der Waals surface area contributed by atoms with Gasteiger partial charge in [-0.2, -0.15) is 0 Å². The second kappa shape index (κ2) is 6.29. The SMILES string of the molecule is CCCOc1ccccc1C(NN)C1Cc2ccccc21. The first-order valence-electron chi connectivity index (χ1n) is 7.60. The summed E-state index contributed by atoms with van der Waals surface area (Å²) in [6, 6.07) is 16.9. The van der Waals surface area contributed by atoms with Crippen LogP contribution in [0.4, 0.5) is 0 Å². The third-order valence-corrected chi connectivity index (χ3v) is 4.19. The Hall–Kier alpha value is -1.84. The van der Waals surface area contributed by atoms with Crippen LogP contribution in [0.25, 0.3) is 0 Å². The lowest BCUT2D eigenvalue weighted by molar-refractivity contribution is 0.304. The zero-order valence-electron chi connectivity index (χ0n) is 12.4. The molecule has 1 aliphatic carbocycles. The summed E-state index contributed by atoms with van der Waals surface area (Å²) in [6.45, 7) is 2.85. The van der Waals surface area contributed by atoms with E-state index in [1.54, 1.807) is 0 Å². The van der Waals surface area contributed by atoms with Crippen molar-refractivity contribution in [2.75, 3.05) is 6.61 Å². The van der Waals surface area contributed by atoms with E-state index in [9.17, 15) is 0 Å². The number of nitrogens with one attached hydrogen (secondary N) is 1. The molecule has 2 unspecified atom stereocenters. The van der Waals surface area contributed by atoms with Crippen LogP contribution in [-0.4, -0.2) is 6.61 Å². The molecule has 110 valence electrons. The quantitative estimate of drug-likeness (QED) is 0.631. The van der Waals surface area contributed by atoms with Crippen molar-refractivity contribution in [3.8, 4) is 5.75 Å². The lowest BCUT2D eigenvalue weighted by Gasteiger charge is -2.37. The number of hydrogen-bond donors (Lipinski definition) is 2. The minimum atomic E-state index is 0.0907. The number of rotatable bonds is 6. The molecule has 3 N–H and O–H groups in total. The van der Waals surface area contributed by atoms with Gasteiger partial charge < -0.3 is 4.74 Å². The number of para-hydroxylation sites is 1. The maximum absolute atomic E-state index is 5.88. The summed E-state index contributed by atoms with van der Waals surface area (Å²) in [6.07, 6.45) is 2.06. The molecule has 0 radical (unpaired) electrons. The zero-order chi connectivity index (χ0) is 14.7. The van der Waals surface area contributed by atoms with Crippen LogP contribution >= 0.6 is 0 Å². The van der Waals surface area contributed by atoms with Gasteiger partial charge in [0.15, 0.2) is 0 Å². The maximum Gasteiger partial charge on any atom is 0.124 e. The van der Waals surface area contributed by atoms with E-state index in [4.69, 9.17) is 10.6 Å². The van der Waals surface area contributed by atoms with Crippen molar-refractivity contribution in [2.45, 2.75) is 31.7 Å². The first kappa shape index (κ1) is 14.1. The number of hydrazine groups is 1. The minimum absolute atomic E-state index is 0.0907. The second-order valence-electron chi connectivity index (χ2n) is 5.54. The highest BCUT2D eigenvalue weighted by Gasteiger charge is 2.34. The van der Waals surface area contributed by atoms with Crippen molar-refractivity contribution >= 4 is 0 Å². The van der Waals surface area contributed by atoms with Gasteiger partial charge in [-0.25, -0.2) is 0 Å². The first-order chi connectivity index (χ1) is 10.3. The van der Waals surface area contributed by atoms with Gasteiger partial charge in [0.05, 0.1) is 12.6 Å². The Balaban J connectivity index is 1.88. The highest BCUT2D eigenvalue weighted by molar-refractivity contribution is 5.46. The topological polar surface area (TPSA) is 47.3 Å². The van der Waals surface area contributed by atoms with Crippen molar-refractivity contribution < 1.29 is 4.74 Å². The predicted octanol–water partition coefficient (Wildman–Crippen LogP) is 3.32. The van der Waals surface area contributed by atoms with Crippen LogP contribution in [-0.2, 0) is 6.42 Å². The summed E-state index contributed by atoms with van der Waals surface area (Å²) >= 11 is 0. The molecule has 0 bridgehead atoms. The van der Waals surface area contributed by atoms with Crippen LogP contribution in [0.15, 0.2) is 48.5 Å². The largest absolute Gasteiger partial charge is 0.493 e. The number of benzene rings is 2. The summed E-state index contributed by atoms with van der Waals surface area (Å²) in [5.74, 6) is 7.22. The fraction of sp³-hybridized carbons (Fsp3) is 0.333. The Labute approximate surface area is 126 Å². The van der Waals surface area contributed by atoms with Crippen LogP contribution in [0.5, 0.6) is 5.75 Å². The zero-order valence-corrected chi connectivity index (χ0v) is 12.4. The molecule has 1 aliphatic rings. The van der Waals surface area contributed by atoms with Gasteiger partial charge >= 0.3 is 0 Å². The summed E-state index contributed by atoms with van der Waals surface area (Å²) in [7, 11) is 0. The molecular weight excluding hydrogens is 260 g/mol. The van der Waals surface area contributed by atoms with Crippen LogP contribution in [0.1, 0.15) is 42.0 Å². The first-order valence-corrected chi connectivity index (χ1v) is 7.60. The lowest BCUT2D eigenvalue weighted by atomic mass is 9.72. The molecule has 0 saturated heterocycles. The Morgan fingerprint density at radius 1 is 1.19 bits per heavy atom. The van der Waals surface area contributed by atoms with Crippen molar-refractivity contribution in [1.82, 2.24) is 5.43 Å². The van der Waals surface area contributed by atoms with Crippen LogP contribution in [0.3, 0.4) is 0 Å². The number of hydrogen-bond acceptors (Lipinski definition) is 3. The van der Waals surface area contributed by atoms with Crippen LogP contribution in [0.2, 0.25) is 0 Å². The average Bonchev–Trinajstić information content (AvgIpc) is 2.51. The molecule has 0 aromatic heterocycles. The molecule has 0 amide bonds. The third-order valence-electron chi connectivity index (χ3n) is 4.19. The van der Waals surface area contributed by atoms with Gasteiger partial charge in [0.2, 0.25) is 0 Å². The molecule has 0 heterocycles. The van der Waals surface area contributed by atoms with E-state index >= 15 is 0 Å². The maximum atomic E-state index is 5.88. The Morgan fingerprint density at radius 3 is 2.71 bits per heavy atom. The highest BCUT2D eigenvalue weighted by atomic mass is 16.5. The summed E-state index contributed by atoms with van der Waals surface area (Å²) in [4.78, 5) is 0. The monoisotopic (exact) mass is 282 g/mol. The summed E-state index contributed by atoms with van der Waals surface area (Å²) in [5, 5.41) is 0. The van der Waals surface area contributed by atoms with Crippen molar-refractivity contribution in [1.29, 1.82) is 0 Å². The number of nitrogens with two attached hydrogens (primary N) is 1. The molecule has 2 atom stereocenters. The summed E-state index contributed by atoms with van der Waals surface area (Å²) < 4.78 is 5.88. The van der Waals surface area contributed by atoms with Gasteiger partial charge in [-0.1, -0.05) is 49.4 Å². The van der Waals surface area contributed by atoms with E-state index in [2.05, 4.69) is 42.7 Å². The lowest BCUT2D eigenvalue weighted by Crippen LogP contribution is -2.37. The minimum Gasteiger partial charge on any atom is -0.493 e. The molecule has 0 saturated carbocycles. The smallest absolute Gasteiger partial charge is 0.124 e. The molecule has 0 aliphatic heterocycles. The molecular formula is C18H22N2O. The molecule has 0 fully saturated rings. The van der Waals surface area contributed by atoms with Crippen molar-refractivity contribution in [3.05, 3.63) is 65.2 Å². The normalized spacial score (nSPS) is 17.7. The van der Waals surface area contributed by atoms with E-state index in [1.165, 1.54) is 11.1 Å². The van der Waals surface area contributed by atoms with Gasteiger partial charge in [-0.15, -0.1) is 0 Å². The van der Waals surface area contributed by atoms with Crippen LogP contribution in [0, 0.1) is 0 Å². The van der Waals surface area contributed by atoms with Crippen molar-refractivity contribution in [2.24, 2.45) is 5.84 Å². The Bertz CT molecular complexity index is 612. The van der Waals surface area contributed by atoms with Gasteiger partial charge in [0.1, 0.15) is 5.75 Å². The Kier molecular flexibility index (Phi) is 4.23. The average molecular weight is 282 g/mol. The van der Waals surface area contributed by atoms with Gasteiger partial charge in [-0.3, -0.25) is 11.3 Å². The fourth-order valence-electron chi connectivity index (χ4n) is 3.10. The molecule has 3 rings (SSSR count). The molecule has 2 aromatic carbocycles. The third kappa shape index (κ3) is 2.67. The molecule has 21 heavy (non-hydrogen) atoms. The van der Waals surface area contributed by atoms with Crippen molar-refractivity contribution in [3.63, 3.8) is 0 Å². The molecule has 3 nitrogen and oxygen atoms in total.